The Balaban J connectivity index is 2.06. The minimum atomic E-state index is 0.619. The third kappa shape index (κ3) is 3.98. The van der Waals surface area contributed by atoms with Crippen LogP contribution in [0.25, 0.3) is 0 Å². The largest absolute Gasteiger partial charge is 0.493 e. The highest BCUT2D eigenvalue weighted by Gasteiger charge is 2.11. The summed E-state index contributed by atoms with van der Waals surface area (Å²) in [5.74, 6) is 1.50. The van der Waals surface area contributed by atoms with Crippen molar-refractivity contribution in [2.45, 2.75) is 12.8 Å². The monoisotopic (exact) mass is 355 g/mol. The molecule has 0 bridgehead atoms. The zero-order chi connectivity index (χ0) is 14.4. The van der Waals surface area contributed by atoms with Crippen molar-refractivity contribution in [3.63, 3.8) is 0 Å². The van der Waals surface area contributed by atoms with E-state index in [0.717, 1.165) is 34.4 Å². The Morgan fingerprint density at radius 3 is 2.80 bits per heavy atom. The second-order valence-corrected chi connectivity index (χ2v) is 6.21. The summed E-state index contributed by atoms with van der Waals surface area (Å²) in [7, 11) is 1.65. The summed E-state index contributed by atoms with van der Waals surface area (Å²) in [6.07, 6.45) is 1.72. The lowest BCUT2D eigenvalue weighted by molar-refractivity contribution is 0.296. The van der Waals surface area contributed by atoms with E-state index in [9.17, 15) is 0 Å². The van der Waals surface area contributed by atoms with Gasteiger partial charge in [-0.15, -0.1) is 11.3 Å². The Morgan fingerprint density at radius 2 is 2.15 bits per heavy atom. The van der Waals surface area contributed by atoms with Crippen molar-refractivity contribution in [1.29, 1.82) is 0 Å². The van der Waals surface area contributed by atoms with Gasteiger partial charge in [-0.05, 0) is 58.0 Å². The summed E-state index contributed by atoms with van der Waals surface area (Å²) >= 11 is 5.29. The topological polar surface area (TPSA) is 44.5 Å². The molecular formula is C15H18BrNO2S. The molecule has 1 aromatic carbocycles. The molecule has 5 heteroatoms. The SMILES string of the molecule is COc1cc(CCN)cc(Br)c1OCCc1cccs1. The number of benzene rings is 1. The van der Waals surface area contributed by atoms with Crippen molar-refractivity contribution in [3.05, 3.63) is 44.6 Å². The van der Waals surface area contributed by atoms with E-state index in [-0.39, 0.29) is 0 Å². The molecule has 20 heavy (non-hydrogen) atoms. The van der Waals surface area contributed by atoms with Gasteiger partial charge in [0.05, 0.1) is 18.2 Å². The molecule has 2 aromatic rings. The van der Waals surface area contributed by atoms with Crippen molar-refractivity contribution in [2.24, 2.45) is 5.73 Å². The van der Waals surface area contributed by atoms with Gasteiger partial charge in [0.15, 0.2) is 11.5 Å². The maximum absolute atomic E-state index is 5.87. The van der Waals surface area contributed by atoms with Gasteiger partial charge < -0.3 is 15.2 Å². The van der Waals surface area contributed by atoms with Crippen molar-refractivity contribution in [2.75, 3.05) is 20.3 Å². The van der Waals surface area contributed by atoms with Gasteiger partial charge in [0.25, 0.3) is 0 Å². The molecule has 0 saturated carbocycles. The molecule has 2 rings (SSSR count). The fourth-order valence-corrected chi connectivity index (χ4v) is 3.23. The second kappa shape index (κ2) is 7.67. The fourth-order valence-electron chi connectivity index (χ4n) is 1.93. The Morgan fingerprint density at radius 1 is 1.30 bits per heavy atom. The minimum absolute atomic E-state index is 0.619. The first-order chi connectivity index (χ1) is 9.74. The first kappa shape index (κ1) is 15.4. The molecule has 0 aliphatic heterocycles. The zero-order valence-corrected chi connectivity index (χ0v) is 13.8. The van der Waals surface area contributed by atoms with E-state index in [1.54, 1.807) is 18.4 Å². The summed E-state index contributed by atoms with van der Waals surface area (Å²) in [6.45, 7) is 1.25. The zero-order valence-electron chi connectivity index (χ0n) is 11.4. The molecule has 2 N–H and O–H groups in total. The number of methoxy groups -OCH3 is 1. The summed E-state index contributed by atoms with van der Waals surface area (Å²) in [5, 5.41) is 2.08. The molecule has 0 fully saturated rings. The van der Waals surface area contributed by atoms with E-state index in [1.807, 2.05) is 12.1 Å². The molecule has 0 amide bonds. The van der Waals surface area contributed by atoms with Gasteiger partial charge in [0.2, 0.25) is 0 Å². The highest BCUT2D eigenvalue weighted by atomic mass is 79.9. The summed E-state index contributed by atoms with van der Waals surface area (Å²) in [6, 6.07) is 8.19. The van der Waals surface area contributed by atoms with Crippen molar-refractivity contribution in [3.8, 4) is 11.5 Å². The van der Waals surface area contributed by atoms with Crippen molar-refractivity contribution < 1.29 is 9.47 Å². The maximum Gasteiger partial charge on any atom is 0.175 e. The molecule has 0 radical (unpaired) electrons. The molecular weight excluding hydrogens is 338 g/mol. The number of ether oxygens (including phenoxy) is 2. The lowest BCUT2D eigenvalue weighted by Gasteiger charge is -2.14. The number of halogens is 1. The summed E-state index contributed by atoms with van der Waals surface area (Å²) < 4.78 is 12.2. The van der Waals surface area contributed by atoms with Crippen LogP contribution in [0, 0.1) is 0 Å². The number of hydrogen-bond donors (Lipinski definition) is 1. The molecule has 0 saturated heterocycles. The second-order valence-electron chi connectivity index (χ2n) is 4.33. The normalized spacial score (nSPS) is 10.6. The van der Waals surface area contributed by atoms with Crippen molar-refractivity contribution in [1.82, 2.24) is 0 Å². The van der Waals surface area contributed by atoms with Gasteiger partial charge in [-0.3, -0.25) is 0 Å². The average Bonchev–Trinajstić information content (AvgIpc) is 2.94. The van der Waals surface area contributed by atoms with Gasteiger partial charge in [-0.1, -0.05) is 6.07 Å². The predicted molar refractivity (Wildman–Crippen MR) is 87.0 cm³/mol. The number of hydrogen-bond acceptors (Lipinski definition) is 4. The van der Waals surface area contributed by atoms with Gasteiger partial charge in [0, 0.05) is 11.3 Å². The standard InChI is InChI=1S/C15H18BrNO2S/c1-18-14-10-11(4-6-17)9-13(16)15(14)19-7-5-12-3-2-8-20-12/h2-3,8-10H,4-7,17H2,1H3. The minimum Gasteiger partial charge on any atom is -0.493 e. The van der Waals surface area contributed by atoms with Crippen LogP contribution in [0.4, 0.5) is 0 Å². The quantitative estimate of drug-likeness (QED) is 0.824. The summed E-state index contributed by atoms with van der Waals surface area (Å²) in [5.41, 5.74) is 6.73. The van der Waals surface area contributed by atoms with Gasteiger partial charge >= 0.3 is 0 Å². The number of thiophene rings is 1. The molecule has 108 valence electrons. The van der Waals surface area contributed by atoms with Crippen LogP contribution in [-0.4, -0.2) is 20.3 Å². The van der Waals surface area contributed by atoms with Gasteiger partial charge in [-0.25, -0.2) is 0 Å². The van der Waals surface area contributed by atoms with Crippen LogP contribution in [-0.2, 0) is 12.8 Å². The van der Waals surface area contributed by atoms with E-state index < -0.39 is 0 Å². The van der Waals surface area contributed by atoms with Crippen LogP contribution in [0.1, 0.15) is 10.4 Å². The molecule has 1 heterocycles. The average molecular weight is 356 g/mol. The number of nitrogens with two attached hydrogens (primary N) is 1. The third-order valence-electron chi connectivity index (χ3n) is 2.90. The van der Waals surface area contributed by atoms with Crippen LogP contribution in [0.5, 0.6) is 11.5 Å². The Kier molecular flexibility index (Phi) is 5.88. The van der Waals surface area contributed by atoms with E-state index in [2.05, 4.69) is 33.4 Å². The van der Waals surface area contributed by atoms with Crippen LogP contribution >= 0.6 is 27.3 Å². The summed E-state index contributed by atoms with van der Waals surface area (Å²) in [4.78, 5) is 1.32. The van der Waals surface area contributed by atoms with E-state index in [1.165, 1.54) is 4.88 Å². The lowest BCUT2D eigenvalue weighted by atomic mass is 10.1. The smallest absolute Gasteiger partial charge is 0.175 e. The van der Waals surface area contributed by atoms with Crippen LogP contribution in [0.3, 0.4) is 0 Å². The highest BCUT2D eigenvalue weighted by molar-refractivity contribution is 9.10. The van der Waals surface area contributed by atoms with E-state index in [0.29, 0.717) is 13.2 Å². The molecule has 1 aromatic heterocycles. The van der Waals surface area contributed by atoms with Crippen LogP contribution < -0.4 is 15.2 Å². The van der Waals surface area contributed by atoms with Crippen LogP contribution in [0.2, 0.25) is 0 Å². The molecule has 0 aliphatic rings. The first-order valence-electron chi connectivity index (χ1n) is 6.46. The van der Waals surface area contributed by atoms with E-state index in [4.69, 9.17) is 15.2 Å². The van der Waals surface area contributed by atoms with Gasteiger partial charge in [-0.2, -0.15) is 0 Å². The molecule has 0 unspecified atom stereocenters. The maximum atomic E-state index is 5.87. The van der Waals surface area contributed by atoms with Gasteiger partial charge in [0.1, 0.15) is 0 Å². The highest BCUT2D eigenvalue weighted by Crippen LogP contribution is 2.36. The van der Waals surface area contributed by atoms with Crippen molar-refractivity contribution >= 4 is 27.3 Å². The first-order valence-corrected chi connectivity index (χ1v) is 8.13. The fraction of sp³-hybridized carbons (Fsp3) is 0.333. The molecule has 3 nitrogen and oxygen atoms in total. The predicted octanol–water partition coefficient (Wildman–Crippen LogP) is 3.64. The number of rotatable bonds is 7. The Hall–Kier alpha value is -1.04. The molecule has 0 atom stereocenters. The molecule has 0 spiro atoms. The third-order valence-corrected chi connectivity index (χ3v) is 4.42. The van der Waals surface area contributed by atoms with E-state index >= 15 is 0 Å². The Labute approximate surface area is 131 Å². The molecule has 0 aliphatic carbocycles. The van der Waals surface area contributed by atoms with Crippen LogP contribution in [0.15, 0.2) is 34.1 Å². The Bertz CT molecular complexity index is 543. The lowest BCUT2D eigenvalue weighted by Crippen LogP contribution is -2.05.